The summed E-state index contributed by atoms with van der Waals surface area (Å²) in [4.78, 5) is 2.39. The molecule has 52 heavy (non-hydrogen) atoms. The summed E-state index contributed by atoms with van der Waals surface area (Å²) in [6.07, 6.45) is 8.93. The smallest absolute Gasteiger partial charge is 0.214 e. The molecular formula is C34H58Cl2N8O7S. The molecule has 15 nitrogen and oxygen atoms in total. The minimum absolute atomic E-state index is 0.0947. The van der Waals surface area contributed by atoms with E-state index in [2.05, 4.69) is 37.3 Å². The molecule has 0 aromatic carbocycles. The van der Waals surface area contributed by atoms with Crippen LogP contribution >= 0.6 is 23.2 Å². The summed E-state index contributed by atoms with van der Waals surface area (Å²) in [5.41, 5.74) is 1.47. The minimum atomic E-state index is -3.43. The van der Waals surface area contributed by atoms with E-state index in [1.807, 2.05) is 19.3 Å². The van der Waals surface area contributed by atoms with Crippen LogP contribution in [0.2, 0.25) is 0 Å². The van der Waals surface area contributed by atoms with Gasteiger partial charge in [0, 0.05) is 37.0 Å². The second-order valence-corrected chi connectivity index (χ2v) is 17.5. The molecule has 1 N–H and O–H groups in total. The molecule has 3 heterocycles. The Balaban J connectivity index is 0.864. The molecule has 1 saturated heterocycles. The van der Waals surface area contributed by atoms with Crippen LogP contribution in [-0.4, -0.2) is 139 Å². The van der Waals surface area contributed by atoms with Crippen LogP contribution in [0.4, 0.5) is 0 Å². The van der Waals surface area contributed by atoms with Crippen LogP contribution in [0.25, 0.3) is 0 Å². The molecule has 0 spiro atoms. The Hall–Kier alpha value is -1.47. The Labute approximate surface area is 318 Å². The second kappa shape index (κ2) is 21.6. The zero-order chi connectivity index (χ0) is 36.8. The van der Waals surface area contributed by atoms with Crippen molar-refractivity contribution in [1.29, 1.82) is 0 Å². The number of rotatable bonds is 23. The van der Waals surface area contributed by atoms with Crippen LogP contribution in [0.1, 0.15) is 56.8 Å². The van der Waals surface area contributed by atoms with Gasteiger partial charge in [-0.2, -0.15) is 0 Å². The van der Waals surface area contributed by atoms with E-state index >= 15 is 0 Å². The lowest BCUT2D eigenvalue weighted by molar-refractivity contribution is 0.0108. The van der Waals surface area contributed by atoms with Crippen LogP contribution < -0.4 is 4.72 Å². The van der Waals surface area contributed by atoms with Crippen molar-refractivity contribution < 1.29 is 32.1 Å². The topological polar surface area (TPSA) is 157 Å². The van der Waals surface area contributed by atoms with Crippen LogP contribution in [-0.2, 0) is 60.0 Å². The maximum atomic E-state index is 13.3. The second-order valence-electron chi connectivity index (χ2n) is 14.3. The molecule has 5 rings (SSSR count). The van der Waals surface area contributed by atoms with Crippen molar-refractivity contribution in [2.24, 2.45) is 23.7 Å². The largest absolute Gasteiger partial charge is 0.380 e. The van der Waals surface area contributed by atoms with Gasteiger partial charge in [0.1, 0.15) is 11.4 Å². The number of ether oxygens (including phenoxy) is 5. The number of nitrogens with one attached hydrogen (secondary N) is 1. The third kappa shape index (κ3) is 13.1. The third-order valence-electron chi connectivity index (χ3n) is 10.4. The molecule has 0 amide bonds. The number of nitrogens with zero attached hydrogens (tertiary/aromatic N) is 7. The quantitative estimate of drug-likeness (QED) is 0.130. The van der Waals surface area contributed by atoms with E-state index in [1.54, 1.807) is 9.36 Å². The molecule has 0 bridgehead atoms. The monoisotopic (exact) mass is 792 g/mol. The highest BCUT2D eigenvalue weighted by molar-refractivity contribution is 7.90. The Bertz CT molecular complexity index is 1420. The van der Waals surface area contributed by atoms with Crippen LogP contribution in [0, 0.1) is 23.7 Å². The number of halogens is 2. The fourth-order valence-corrected chi connectivity index (χ4v) is 10.5. The SMILES string of the molecule is CCOCCn1cc(COCc2cn(CCOCCOCCOCCNS(=O)(=O)C3CCCC(C4CN(C)CC5C(Cl)CC(Cl)CC54)C3)nn2)nn1. The molecule has 18 heteroatoms. The first kappa shape index (κ1) is 41.7. The number of fused-ring (bicyclic) bond motifs is 1. The molecule has 3 fully saturated rings. The van der Waals surface area contributed by atoms with E-state index in [4.69, 9.17) is 46.9 Å². The summed E-state index contributed by atoms with van der Waals surface area (Å²) in [6.45, 7) is 9.76. The minimum Gasteiger partial charge on any atom is -0.380 e. The van der Waals surface area contributed by atoms with Gasteiger partial charge in [-0.05, 0) is 63.3 Å². The van der Waals surface area contributed by atoms with Gasteiger partial charge in [0.2, 0.25) is 10.0 Å². The maximum Gasteiger partial charge on any atom is 0.214 e. The zero-order valence-electron chi connectivity index (χ0n) is 30.7. The van der Waals surface area contributed by atoms with Gasteiger partial charge in [0.15, 0.2) is 0 Å². The number of likely N-dealkylation sites (tertiary alicyclic amines) is 1. The molecule has 2 aromatic heterocycles. The molecule has 2 saturated carbocycles. The first-order valence-corrected chi connectivity index (χ1v) is 21.3. The molecule has 296 valence electrons. The highest BCUT2D eigenvalue weighted by atomic mass is 35.5. The summed E-state index contributed by atoms with van der Waals surface area (Å²) in [5.74, 6) is 1.72. The fourth-order valence-electron chi connectivity index (χ4n) is 7.94. The lowest BCUT2D eigenvalue weighted by atomic mass is 9.63. The van der Waals surface area contributed by atoms with Gasteiger partial charge >= 0.3 is 0 Å². The summed E-state index contributed by atoms with van der Waals surface area (Å²) < 4.78 is 60.7. The zero-order valence-corrected chi connectivity index (χ0v) is 33.0. The molecule has 2 aromatic rings. The van der Waals surface area contributed by atoms with Crippen molar-refractivity contribution in [2.75, 3.05) is 79.5 Å². The molecular weight excluding hydrogens is 735 g/mol. The third-order valence-corrected chi connectivity index (χ3v) is 13.2. The van der Waals surface area contributed by atoms with Gasteiger partial charge in [0.05, 0.1) is 90.2 Å². The van der Waals surface area contributed by atoms with Gasteiger partial charge in [-0.15, -0.1) is 33.4 Å². The maximum absolute atomic E-state index is 13.3. The number of alkyl halides is 2. The predicted octanol–water partition coefficient (Wildman–Crippen LogP) is 2.95. The number of hydrogen-bond acceptors (Lipinski definition) is 12. The summed E-state index contributed by atoms with van der Waals surface area (Å²) >= 11 is 13.4. The Morgan fingerprint density at radius 3 is 2.06 bits per heavy atom. The number of piperidine rings is 1. The summed E-state index contributed by atoms with van der Waals surface area (Å²) in [5, 5.41) is 16.3. The normalized spacial score (nSPS) is 27.2. The fraction of sp³-hybridized carbons (Fsp3) is 0.882. The van der Waals surface area contributed by atoms with E-state index < -0.39 is 10.0 Å². The van der Waals surface area contributed by atoms with Crippen molar-refractivity contribution in [2.45, 2.75) is 87.8 Å². The lowest BCUT2D eigenvalue weighted by Crippen LogP contribution is -2.54. The molecule has 2 aliphatic carbocycles. The highest BCUT2D eigenvalue weighted by Gasteiger charge is 2.47. The average Bonchev–Trinajstić information content (AvgIpc) is 3.78. The molecule has 7 unspecified atom stereocenters. The average molecular weight is 794 g/mol. The Morgan fingerprint density at radius 1 is 0.769 bits per heavy atom. The first-order chi connectivity index (χ1) is 25.2. The van der Waals surface area contributed by atoms with Crippen molar-refractivity contribution in [3.63, 3.8) is 0 Å². The molecule has 7 atom stereocenters. The van der Waals surface area contributed by atoms with Gasteiger partial charge in [-0.25, -0.2) is 22.5 Å². The predicted molar refractivity (Wildman–Crippen MR) is 197 cm³/mol. The van der Waals surface area contributed by atoms with E-state index in [0.717, 1.165) is 50.2 Å². The Kier molecular flexibility index (Phi) is 17.3. The van der Waals surface area contributed by atoms with Gasteiger partial charge < -0.3 is 28.6 Å². The van der Waals surface area contributed by atoms with E-state index in [9.17, 15) is 8.42 Å². The van der Waals surface area contributed by atoms with Crippen molar-refractivity contribution in [1.82, 2.24) is 39.6 Å². The number of aromatic nitrogens is 6. The van der Waals surface area contributed by atoms with E-state index in [1.165, 1.54) is 0 Å². The molecule has 0 radical (unpaired) electrons. The van der Waals surface area contributed by atoms with Gasteiger partial charge in [-0.1, -0.05) is 23.3 Å². The van der Waals surface area contributed by atoms with Crippen molar-refractivity contribution in [3.8, 4) is 0 Å². The lowest BCUT2D eigenvalue weighted by Gasteiger charge is -2.51. The van der Waals surface area contributed by atoms with E-state index in [-0.39, 0.29) is 22.5 Å². The molecule has 1 aliphatic heterocycles. The van der Waals surface area contributed by atoms with E-state index in [0.29, 0.717) is 116 Å². The van der Waals surface area contributed by atoms with Crippen molar-refractivity contribution >= 4 is 33.2 Å². The Morgan fingerprint density at radius 2 is 1.38 bits per heavy atom. The standard InChI is InChI=1S/C34H58Cl2N8O7S/c1-3-47-11-8-43-20-28(38-40-43)24-51-25-29-21-44(41-39-29)9-12-49-14-16-50-15-13-48-10-7-37-52(45,46)30-6-4-5-26(17-30)32-22-42(2)23-33-31(32)18-27(35)19-34(33)36/h20-21,26-27,30-34,37H,3-19,22-25H2,1-2H3. The van der Waals surface area contributed by atoms with Crippen LogP contribution in [0.15, 0.2) is 12.4 Å². The molecule has 3 aliphatic rings. The van der Waals surface area contributed by atoms with Gasteiger partial charge in [0.25, 0.3) is 0 Å². The van der Waals surface area contributed by atoms with Gasteiger partial charge in [-0.3, -0.25) is 0 Å². The first-order valence-electron chi connectivity index (χ1n) is 18.8. The summed E-state index contributed by atoms with van der Waals surface area (Å²) in [7, 11) is -1.27. The summed E-state index contributed by atoms with van der Waals surface area (Å²) in [6, 6.07) is 0. The van der Waals surface area contributed by atoms with Crippen LogP contribution in [0.5, 0.6) is 0 Å². The number of sulfonamides is 1. The number of hydrogen-bond donors (Lipinski definition) is 1. The van der Waals surface area contributed by atoms with Crippen molar-refractivity contribution in [3.05, 3.63) is 23.8 Å². The van der Waals surface area contributed by atoms with Crippen LogP contribution in [0.3, 0.4) is 0 Å². The highest BCUT2D eigenvalue weighted by Crippen LogP contribution is 2.48.